The van der Waals surface area contributed by atoms with Crippen LogP contribution in [0.2, 0.25) is 5.02 Å². The van der Waals surface area contributed by atoms with Gasteiger partial charge in [-0.3, -0.25) is 9.79 Å². The van der Waals surface area contributed by atoms with Crippen molar-refractivity contribution in [3.63, 3.8) is 0 Å². The molecule has 25 heavy (non-hydrogen) atoms. The van der Waals surface area contributed by atoms with Crippen LogP contribution in [0.5, 0.6) is 11.5 Å². The van der Waals surface area contributed by atoms with Crippen LogP contribution in [0.4, 0.5) is 0 Å². The predicted molar refractivity (Wildman–Crippen MR) is 101 cm³/mol. The third-order valence-corrected chi connectivity index (χ3v) is 4.83. The largest absolute Gasteiger partial charge is 0.493 e. The lowest BCUT2D eigenvalue weighted by molar-refractivity contribution is 0.0977. The Morgan fingerprint density at radius 3 is 2.84 bits per heavy atom. The lowest BCUT2D eigenvalue weighted by atomic mass is 10.2. The molecule has 0 radical (unpaired) electrons. The number of thioether (sulfide) groups is 1. The highest BCUT2D eigenvalue weighted by molar-refractivity contribution is 8.14. The molecule has 0 saturated heterocycles. The molecule has 0 aliphatic carbocycles. The van der Waals surface area contributed by atoms with Gasteiger partial charge in [-0.15, -0.1) is 0 Å². The first-order chi connectivity index (χ1) is 12.2. The van der Waals surface area contributed by atoms with Gasteiger partial charge in [0.2, 0.25) is 0 Å². The second-order valence-corrected chi connectivity index (χ2v) is 6.73. The van der Waals surface area contributed by atoms with Gasteiger partial charge in [0.15, 0.2) is 16.7 Å². The third-order valence-electron chi connectivity index (χ3n) is 3.57. The van der Waals surface area contributed by atoms with E-state index in [1.54, 1.807) is 18.2 Å². The van der Waals surface area contributed by atoms with Gasteiger partial charge in [-0.2, -0.15) is 0 Å². The summed E-state index contributed by atoms with van der Waals surface area (Å²) in [6.07, 6.45) is 0. The number of hydrogen-bond donors (Lipinski definition) is 1. The zero-order valence-electron chi connectivity index (χ0n) is 13.6. The number of aliphatic imine (C=N–C) groups is 1. The third kappa shape index (κ3) is 4.46. The summed E-state index contributed by atoms with van der Waals surface area (Å²) < 4.78 is 11.1. The molecule has 1 aliphatic rings. The first-order valence-corrected chi connectivity index (χ1v) is 9.06. The van der Waals surface area contributed by atoms with E-state index in [1.807, 2.05) is 24.3 Å². The molecule has 1 heterocycles. The minimum Gasteiger partial charge on any atom is -0.493 e. The van der Waals surface area contributed by atoms with E-state index in [0.717, 1.165) is 17.9 Å². The summed E-state index contributed by atoms with van der Waals surface area (Å²) in [5.74, 6) is 1.71. The van der Waals surface area contributed by atoms with Gasteiger partial charge in [-0.1, -0.05) is 41.6 Å². The number of nitrogens with zero attached hydrogens (tertiary/aromatic N) is 1. The highest BCUT2D eigenvalue weighted by Gasteiger charge is 2.15. The molecule has 0 bridgehead atoms. The number of benzene rings is 2. The van der Waals surface area contributed by atoms with Crippen LogP contribution in [-0.2, 0) is 6.61 Å². The minimum atomic E-state index is -0.218. The van der Waals surface area contributed by atoms with Gasteiger partial charge in [-0.25, -0.2) is 0 Å². The maximum absolute atomic E-state index is 12.3. The fourth-order valence-electron chi connectivity index (χ4n) is 2.28. The molecule has 2 aromatic rings. The average Bonchev–Trinajstić information content (AvgIpc) is 3.14. The highest BCUT2D eigenvalue weighted by Crippen LogP contribution is 2.29. The molecule has 0 saturated carbocycles. The first-order valence-electron chi connectivity index (χ1n) is 7.70. The normalized spacial score (nSPS) is 13.3. The SMILES string of the molecule is COc1cc(C(=O)NC2=NCCS2)ccc1OCc1ccccc1Cl. The quantitative estimate of drug-likeness (QED) is 0.863. The molecule has 0 aromatic heterocycles. The molecule has 2 aromatic carbocycles. The van der Waals surface area contributed by atoms with Crippen LogP contribution < -0.4 is 14.8 Å². The Morgan fingerprint density at radius 1 is 1.28 bits per heavy atom. The number of amides is 1. The molecule has 0 fully saturated rings. The number of rotatable bonds is 5. The van der Waals surface area contributed by atoms with E-state index >= 15 is 0 Å². The number of halogens is 1. The van der Waals surface area contributed by atoms with Crippen molar-refractivity contribution in [2.45, 2.75) is 6.61 Å². The van der Waals surface area contributed by atoms with Crippen LogP contribution in [0.15, 0.2) is 47.5 Å². The van der Waals surface area contributed by atoms with Gasteiger partial charge in [-0.05, 0) is 24.3 Å². The number of amidine groups is 1. The number of carbonyl (C=O) groups excluding carboxylic acids is 1. The zero-order valence-corrected chi connectivity index (χ0v) is 15.2. The van der Waals surface area contributed by atoms with Crippen LogP contribution >= 0.6 is 23.4 Å². The number of hydrogen-bond acceptors (Lipinski definition) is 5. The van der Waals surface area contributed by atoms with Gasteiger partial charge in [0.05, 0.1) is 13.7 Å². The Kier molecular flexibility index (Phi) is 5.83. The molecule has 3 rings (SSSR count). The standard InChI is InChI=1S/C18H17ClN2O3S/c1-23-16-10-12(17(22)21-18-20-8-9-25-18)6-7-15(16)24-11-13-4-2-3-5-14(13)19/h2-7,10H,8-9,11H2,1H3,(H,20,21,22). The van der Waals surface area contributed by atoms with Crippen molar-refractivity contribution in [1.82, 2.24) is 5.32 Å². The van der Waals surface area contributed by atoms with Crippen molar-refractivity contribution in [1.29, 1.82) is 0 Å². The van der Waals surface area contributed by atoms with Gasteiger partial charge < -0.3 is 14.8 Å². The summed E-state index contributed by atoms with van der Waals surface area (Å²) in [6.45, 7) is 1.05. The van der Waals surface area contributed by atoms with E-state index in [0.29, 0.717) is 33.9 Å². The topological polar surface area (TPSA) is 59.9 Å². The van der Waals surface area contributed by atoms with E-state index in [1.165, 1.54) is 18.9 Å². The Balaban J connectivity index is 1.71. The Labute approximate surface area is 155 Å². The van der Waals surface area contributed by atoms with E-state index in [9.17, 15) is 4.79 Å². The molecular weight excluding hydrogens is 360 g/mol. The van der Waals surface area contributed by atoms with E-state index < -0.39 is 0 Å². The zero-order chi connectivity index (χ0) is 17.6. The van der Waals surface area contributed by atoms with Crippen LogP contribution in [0.1, 0.15) is 15.9 Å². The van der Waals surface area contributed by atoms with Gasteiger partial charge in [0.1, 0.15) is 6.61 Å². The fourth-order valence-corrected chi connectivity index (χ4v) is 3.19. The minimum absolute atomic E-state index is 0.218. The van der Waals surface area contributed by atoms with Crippen LogP contribution in [0, 0.1) is 0 Å². The summed E-state index contributed by atoms with van der Waals surface area (Å²) in [4.78, 5) is 16.5. The summed E-state index contributed by atoms with van der Waals surface area (Å²) in [6, 6.07) is 12.5. The summed E-state index contributed by atoms with van der Waals surface area (Å²) in [5.41, 5.74) is 1.36. The Bertz CT molecular complexity index is 811. The van der Waals surface area contributed by atoms with Crippen molar-refractivity contribution >= 4 is 34.4 Å². The van der Waals surface area contributed by atoms with Crippen molar-refractivity contribution in [2.75, 3.05) is 19.4 Å². The fraction of sp³-hybridized carbons (Fsp3) is 0.222. The predicted octanol–water partition coefficient (Wildman–Crippen LogP) is 3.76. The van der Waals surface area contributed by atoms with E-state index in [-0.39, 0.29) is 5.91 Å². The number of carbonyl (C=O) groups is 1. The molecule has 7 heteroatoms. The molecule has 5 nitrogen and oxygen atoms in total. The number of ether oxygens (including phenoxy) is 2. The second-order valence-electron chi connectivity index (χ2n) is 5.24. The van der Waals surface area contributed by atoms with E-state index in [4.69, 9.17) is 21.1 Å². The van der Waals surface area contributed by atoms with Crippen LogP contribution in [0.25, 0.3) is 0 Å². The van der Waals surface area contributed by atoms with Crippen molar-refractivity contribution in [3.8, 4) is 11.5 Å². The van der Waals surface area contributed by atoms with Gasteiger partial charge in [0.25, 0.3) is 5.91 Å². The first kappa shape index (κ1) is 17.6. The Hall–Kier alpha value is -2.18. The maximum atomic E-state index is 12.3. The maximum Gasteiger partial charge on any atom is 0.257 e. The van der Waals surface area contributed by atoms with E-state index in [2.05, 4.69) is 10.3 Å². The molecule has 0 spiro atoms. The smallest absolute Gasteiger partial charge is 0.257 e. The molecule has 1 N–H and O–H groups in total. The molecule has 0 atom stereocenters. The number of methoxy groups -OCH3 is 1. The number of nitrogens with one attached hydrogen (secondary N) is 1. The van der Waals surface area contributed by atoms with Gasteiger partial charge >= 0.3 is 0 Å². The summed E-state index contributed by atoms with van der Waals surface area (Å²) >= 11 is 7.67. The second kappa shape index (κ2) is 8.27. The van der Waals surface area contributed by atoms with Crippen molar-refractivity contribution < 1.29 is 14.3 Å². The molecule has 1 aliphatic heterocycles. The molecule has 130 valence electrons. The molecule has 0 unspecified atom stereocenters. The van der Waals surface area contributed by atoms with Crippen LogP contribution in [-0.4, -0.2) is 30.5 Å². The summed E-state index contributed by atoms with van der Waals surface area (Å²) in [5, 5.41) is 4.09. The lowest BCUT2D eigenvalue weighted by Crippen LogP contribution is -2.27. The van der Waals surface area contributed by atoms with Crippen molar-refractivity contribution in [3.05, 3.63) is 58.6 Å². The van der Waals surface area contributed by atoms with Crippen LogP contribution in [0.3, 0.4) is 0 Å². The molecule has 1 amide bonds. The van der Waals surface area contributed by atoms with Gasteiger partial charge in [0, 0.05) is 21.9 Å². The monoisotopic (exact) mass is 376 g/mol. The lowest BCUT2D eigenvalue weighted by Gasteiger charge is -2.13. The highest BCUT2D eigenvalue weighted by atomic mass is 35.5. The Morgan fingerprint density at radius 2 is 2.12 bits per heavy atom. The average molecular weight is 377 g/mol. The van der Waals surface area contributed by atoms with Crippen molar-refractivity contribution in [2.24, 2.45) is 4.99 Å². The molecular formula is C18H17ClN2O3S. The summed E-state index contributed by atoms with van der Waals surface area (Å²) in [7, 11) is 1.54.